The highest BCUT2D eigenvalue weighted by Gasteiger charge is 2.26. The van der Waals surface area contributed by atoms with E-state index in [1.165, 1.54) is 12.1 Å². The summed E-state index contributed by atoms with van der Waals surface area (Å²) in [6.07, 6.45) is 0. The molecule has 0 aliphatic carbocycles. The SMILES string of the molecule is O=C(O)c1cc(S(=O)(=O)NC2COC2)ccc1Br. The van der Waals surface area contributed by atoms with Gasteiger partial charge in [-0.25, -0.2) is 17.9 Å². The maximum Gasteiger partial charge on any atom is 0.336 e. The molecule has 98 valence electrons. The van der Waals surface area contributed by atoms with Gasteiger partial charge in [-0.2, -0.15) is 0 Å². The van der Waals surface area contributed by atoms with E-state index in [-0.39, 0.29) is 16.5 Å². The predicted octanol–water partition coefficient (Wildman–Crippen LogP) is 0.824. The summed E-state index contributed by atoms with van der Waals surface area (Å²) in [5.74, 6) is -1.19. The Hall–Kier alpha value is -0.960. The zero-order valence-electron chi connectivity index (χ0n) is 9.09. The van der Waals surface area contributed by atoms with Crippen molar-refractivity contribution in [2.75, 3.05) is 13.2 Å². The number of carbonyl (C=O) groups is 1. The van der Waals surface area contributed by atoms with Crippen LogP contribution >= 0.6 is 15.9 Å². The van der Waals surface area contributed by atoms with Crippen LogP contribution in [0, 0.1) is 0 Å². The standard InChI is InChI=1S/C10H10BrNO5S/c11-9-2-1-7(3-8(9)10(13)14)18(15,16)12-6-4-17-5-6/h1-3,6,12H,4-5H2,(H,13,14). The number of sulfonamides is 1. The number of ether oxygens (including phenoxy) is 1. The first-order chi connectivity index (χ1) is 8.40. The molecule has 6 nitrogen and oxygen atoms in total. The highest BCUT2D eigenvalue weighted by atomic mass is 79.9. The molecular formula is C10H10BrNO5S. The third kappa shape index (κ3) is 2.72. The maximum atomic E-state index is 11.9. The van der Waals surface area contributed by atoms with Crippen molar-refractivity contribution in [3.8, 4) is 0 Å². The minimum atomic E-state index is -3.71. The highest BCUT2D eigenvalue weighted by molar-refractivity contribution is 9.10. The fourth-order valence-electron chi connectivity index (χ4n) is 1.43. The Labute approximate surface area is 112 Å². The van der Waals surface area contributed by atoms with Gasteiger partial charge in [0.05, 0.1) is 29.7 Å². The van der Waals surface area contributed by atoms with Crippen LogP contribution in [0.3, 0.4) is 0 Å². The minimum absolute atomic E-state index is 0.0741. The summed E-state index contributed by atoms with van der Waals surface area (Å²) < 4.78 is 31.5. The van der Waals surface area contributed by atoms with Crippen molar-refractivity contribution in [3.05, 3.63) is 28.2 Å². The molecule has 0 unspecified atom stereocenters. The fourth-order valence-corrected chi connectivity index (χ4v) is 3.07. The van der Waals surface area contributed by atoms with Gasteiger partial charge in [0.1, 0.15) is 0 Å². The summed E-state index contributed by atoms with van der Waals surface area (Å²) in [6, 6.07) is 3.62. The molecule has 2 rings (SSSR count). The second kappa shape index (κ2) is 4.96. The third-order valence-electron chi connectivity index (χ3n) is 2.44. The second-order valence-corrected chi connectivity index (χ2v) is 6.37. The number of carboxylic acids is 1. The van der Waals surface area contributed by atoms with Gasteiger partial charge >= 0.3 is 5.97 Å². The number of rotatable bonds is 4. The van der Waals surface area contributed by atoms with Crippen LogP contribution in [-0.2, 0) is 14.8 Å². The van der Waals surface area contributed by atoms with Crippen molar-refractivity contribution >= 4 is 31.9 Å². The van der Waals surface area contributed by atoms with Crippen LogP contribution in [0.25, 0.3) is 0 Å². The fraction of sp³-hybridized carbons (Fsp3) is 0.300. The first kappa shape index (κ1) is 13.5. The van der Waals surface area contributed by atoms with Crippen molar-refractivity contribution in [3.63, 3.8) is 0 Å². The molecule has 0 bridgehead atoms. The number of carboxylic acid groups (broad SMARTS) is 1. The smallest absolute Gasteiger partial charge is 0.336 e. The molecule has 0 saturated carbocycles. The Morgan fingerprint density at radius 1 is 1.44 bits per heavy atom. The van der Waals surface area contributed by atoms with Gasteiger partial charge in [-0.15, -0.1) is 0 Å². The zero-order valence-corrected chi connectivity index (χ0v) is 11.5. The van der Waals surface area contributed by atoms with Gasteiger partial charge in [0.2, 0.25) is 10.0 Å². The summed E-state index contributed by atoms with van der Waals surface area (Å²) in [4.78, 5) is 10.9. The van der Waals surface area contributed by atoms with Gasteiger partial charge in [-0.05, 0) is 34.1 Å². The Morgan fingerprint density at radius 3 is 2.61 bits per heavy atom. The topological polar surface area (TPSA) is 92.7 Å². The van der Waals surface area contributed by atoms with Crippen LogP contribution in [0.4, 0.5) is 0 Å². The van der Waals surface area contributed by atoms with Crippen LogP contribution in [-0.4, -0.2) is 38.7 Å². The Morgan fingerprint density at radius 2 is 2.11 bits per heavy atom. The van der Waals surface area contributed by atoms with Crippen molar-refractivity contribution < 1.29 is 23.1 Å². The number of aromatic carboxylic acids is 1. The van der Waals surface area contributed by atoms with E-state index in [4.69, 9.17) is 9.84 Å². The van der Waals surface area contributed by atoms with Gasteiger partial charge in [0.15, 0.2) is 0 Å². The lowest BCUT2D eigenvalue weighted by atomic mass is 10.2. The van der Waals surface area contributed by atoms with E-state index in [0.29, 0.717) is 17.7 Å². The molecule has 1 aromatic carbocycles. The number of hydrogen-bond acceptors (Lipinski definition) is 4. The maximum absolute atomic E-state index is 11.9. The first-order valence-electron chi connectivity index (χ1n) is 5.03. The average Bonchev–Trinajstić information content (AvgIpc) is 2.23. The van der Waals surface area contributed by atoms with Gasteiger partial charge in [0, 0.05) is 4.47 Å². The second-order valence-electron chi connectivity index (χ2n) is 3.80. The number of nitrogens with one attached hydrogen (secondary N) is 1. The van der Waals surface area contributed by atoms with Gasteiger partial charge < -0.3 is 9.84 Å². The Bertz CT molecular complexity index is 582. The lowest BCUT2D eigenvalue weighted by molar-refractivity contribution is 0.00482. The van der Waals surface area contributed by atoms with E-state index in [1.807, 2.05) is 0 Å². The van der Waals surface area contributed by atoms with E-state index < -0.39 is 16.0 Å². The molecule has 1 aliphatic rings. The van der Waals surface area contributed by atoms with E-state index in [1.54, 1.807) is 0 Å². The lowest BCUT2D eigenvalue weighted by Crippen LogP contribution is -2.48. The summed E-state index contributed by atoms with van der Waals surface area (Å²) in [5.41, 5.74) is -0.0947. The number of hydrogen-bond donors (Lipinski definition) is 2. The third-order valence-corrected chi connectivity index (χ3v) is 4.65. The molecular weight excluding hydrogens is 326 g/mol. The van der Waals surface area contributed by atoms with E-state index >= 15 is 0 Å². The van der Waals surface area contributed by atoms with Gasteiger partial charge in [-0.1, -0.05) is 0 Å². The molecule has 1 fully saturated rings. The van der Waals surface area contributed by atoms with Crippen molar-refractivity contribution in [2.24, 2.45) is 0 Å². The van der Waals surface area contributed by atoms with Crippen LogP contribution in [0.5, 0.6) is 0 Å². The van der Waals surface area contributed by atoms with E-state index in [0.717, 1.165) is 6.07 Å². The minimum Gasteiger partial charge on any atom is -0.478 e. The van der Waals surface area contributed by atoms with Crippen molar-refractivity contribution in [1.82, 2.24) is 4.72 Å². The van der Waals surface area contributed by atoms with E-state index in [2.05, 4.69) is 20.7 Å². The predicted molar refractivity (Wildman–Crippen MR) is 66.0 cm³/mol. The van der Waals surface area contributed by atoms with Gasteiger partial charge in [-0.3, -0.25) is 0 Å². The molecule has 0 atom stereocenters. The van der Waals surface area contributed by atoms with Crippen LogP contribution in [0.1, 0.15) is 10.4 Å². The number of benzene rings is 1. The van der Waals surface area contributed by atoms with Crippen molar-refractivity contribution in [2.45, 2.75) is 10.9 Å². The summed E-state index contributed by atoms with van der Waals surface area (Å²) in [7, 11) is -3.71. The Kier molecular flexibility index (Phi) is 3.71. The summed E-state index contributed by atoms with van der Waals surface area (Å²) in [6.45, 7) is 0.670. The average molecular weight is 336 g/mol. The molecule has 1 heterocycles. The molecule has 0 amide bonds. The molecule has 2 N–H and O–H groups in total. The van der Waals surface area contributed by atoms with Crippen molar-refractivity contribution in [1.29, 1.82) is 0 Å². The molecule has 18 heavy (non-hydrogen) atoms. The molecule has 0 aromatic heterocycles. The largest absolute Gasteiger partial charge is 0.478 e. The van der Waals surface area contributed by atoms with E-state index in [9.17, 15) is 13.2 Å². The molecule has 0 radical (unpaired) electrons. The van der Waals surface area contributed by atoms with Gasteiger partial charge in [0.25, 0.3) is 0 Å². The van der Waals surface area contributed by atoms with Crippen LogP contribution in [0.2, 0.25) is 0 Å². The number of halogens is 1. The summed E-state index contributed by atoms with van der Waals surface area (Å²) in [5, 5.41) is 8.93. The first-order valence-corrected chi connectivity index (χ1v) is 7.31. The molecule has 8 heteroatoms. The molecule has 0 spiro atoms. The zero-order chi connectivity index (χ0) is 13.3. The quantitative estimate of drug-likeness (QED) is 0.849. The molecule has 1 saturated heterocycles. The Balaban J connectivity index is 2.32. The van der Waals surface area contributed by atoms with Crippen LogP contribution in [0.15, 0.2) is 27.6 Å². The molecule has 1 aliphatic heterocycles. The molecule has 1 aromatic rings. The normalized spacial score (nSPS) is 16.3. The van der Waals surface area contributed by atoms with Crippen LogP contribution < -0.4 is 4.72 Å². The lowest BCUT2D eigenvalue weighted by Gasteiger charge is -2.26. The highest BCUT2D eigenvalue weighted by Crippen LogP contribution is 2.21. The monoisotopic (exact) mass is 335 g/mol. The summed E-state index contributed by atoms with van der Waals surface area (Å²) >= 11 is 3.06.